The van der Waals surface area contributed by atoms with Gasteiger partial charge in [-0.25, -0.2) is 0 Å². The smallest absolute Gasteiger partial charge is 0.200 e. The monoisotopic (exact) mass is 386 g/mol. The Morgan fingerprint density at radius 2 is 1.71 bits per heavy atom. The minimum atomic E-state index is -1.01. The van der Waals surface area contributed by atoms with Crippen molar-refractivity contribution in [3.63, 3.8) is 0 Å². The molecule has 1 saturated heterocycles. The molecule has 3 fully saturated rings. The third kappa shape index (κ3) is 1.68. The number of phenolic OH excluding ortho intramolecular Hbond substituents is 3. The van der Waals surface area contributed by atoms with Crippen LogP contribution in [0.3, 0.4) is 0 Å². The summed E-state index contributed by atoms with van der Waals surface area (Å²) in [6.45, 7) is 1.92. The molecule has 1 spiro atoms. The van der Waals surface area contributed by atoms with Gasteiger partial charge in [0.05, 0.1) is 20.1 Å². The molecule has 0 aromatic heterocycles. The zero-order chi connectivity index (χ0) is 19.6. The number of likely N-dealkylation sites (tertiary alicyclic amines) is 1. The van der Waals surface area contributed by atoms with Gasteiger partial charge >= 0.3 is 0 Å². The van der Waals surface area contributed by atoms with Crippen molar-refractivity contribution in [2.24, 2.45) is 11.8 Å². The number of aliphatic hydroxyl groups is 1. The van der Waals surface area contributed by atoms with Gasteiger partial charge < -0.3 is 24.9 Å². The van der Waals surface area contributed by atoms with E-state index in [1.165, 1.54) is 12.8 Å². The second kappa shape index (κ2) is 4.85. The number of ketones is 1. The van der Waals surface area contributed by atoms with E-state index in [2.05, 4.69) is 7.05 Å². The summed E-state index contributed by atoms with van der Waals surface area (Å²) in [5, 5.41) is 43.9. The highest BCUT2D eigenvalue weighted by atomic mass is 16.3. The second-order valence-electron chi connectivity index (χ2n) is 10.3. The summed E-state index contributed by atoms with van der Waals surface area (Å²) in [5.41, 5.74) is 0.245. The van der Waals surface area contributed by atoms with Crippen molar-refractivity contribution < 1.29 is 29.7 Å². The first kappa shape index (κ1) is 17.1. The lowest BCUT2D eigenvalue weighted by Crippen LogP contribution is -2.79. The Balaban J connectivity index is 1.64. The van der Waals surface area contributed by atoms with Crippen LogP contribution in [-0.4, -0.2) is 62.5 Å². The number of aromatic hydroxyl groups is 3. The molecule has 6 nitrogen and oxygen atoms in total. The molecule has 5 atom stereocenters. The predicted molar refractivity (Wildman–Crippen MR) is 100 cm³/mol. The van der Waals surface area contributed by atoms with Gasteiger partial charge in [-0.2, -0.15) is 0 Å². The standard InChI is InChI=1S/C22H27NO5/c1-23(10-11-2-3-11)7-6-21-14-8-12-17(21)13(19(26)20(27)18(12)25)9-16(23)22(21,28)5-4-15(14)24/h11,14,16,28H,2-10H2,1H3,(H2-,25,26,27)/p+1/t14-,16+,21+,22+,23+/m0/s1. The molecule has 4 aliphatic carbocycles. The van der Waals surface area contributed by atoms with Crippen LogP contribution in [0.25, 0.3) is 0 Å². The van der Waals surface area contributed by atoms with Crippen molar-refractivity contribution in [1.29, 1.82) is 0 Å². The number of carbonyl (C=O) groups is 1. The number of piperidine rings is 1. The zero-order valence-corrected chi connectivity index (χ0v) is 16.2. The maximum absolute atomic E-state index is 13.0. The Bertz CT molecular complexity index is 940. The van der Waals surface area contributed by atoms with Crippen LogP contribution in [-0.2, 0) is 23.1 Å². The summed E-state index contributed by atoms with van der Waals surface area (Å²) in [4.78, 5) is 13.0. The van der Waals surface area contributed by atoms with E-state index in [4.69, 9.17) is 0 Å². The minimum Gasteiger partial charge on any atom is -0.504 e. The van der Waals surface area contributed by atoms with E-state index in [-0.39, 0.29) is 29.2 Å². The van der Waals surface area contributed by atoms with Crippen LogP contribution in [0.15, 0.2) is 0 Å². The quantitative estimate of drug-likeness (QED) is 0.456. The van der Waals surface area contributed by atoms with Gasteiger partial charge in [0.2, 0.25) is 5.75 Å². The summed E-state index contributed by atoms with van der Waals surface area (Å²) >= 11 is 0. The van der Waals surface area contributed by atoms with Crippen molar-refractivity contribution >= 4 is 5.78 Å². The molecule has 0 unspecified atom stereocenters. The Morgan fingerprint density at radius 3 is 2.39 bits per heavy atom. The maximum atomic E-state index is 13.0. The highest BCUT2D eigenvalue weighted by Crippen LogP contribution is 2.68. The SMILES string of the molecule is C[N@+]1(CC2CC2)CC[C@]23c4c5c(O)c(O)c(O)c4C[C@H]2C(=O)CC[C@@]3(O)[C@H]1C5. The number of carbonyl (C=O) groups excluding carboxylic acids is 1. The third-order valence-electron chi connectivity index (χ3n) is 9.08. The fourth-order valence-corrected chi connectivity index (χ4v) is 7.70. The molecule has 2 bridgehead atoms. The van der Waals surface area contributed by atoms with E-state index < -0.39 is 16.8 Å². The van der Waals surface area contributed by atoms with Crippen LogP contribution in [0.2, 0.25) is 0 Å². The molecule has 1 heterocycles. The first-order valence-corrected chi connectivity index (χ1v) is 10.6. The number of rotatable bonds is 2. The lowest BCUT2D eigenvalue weighted by atomic mass is 9.47. The van der Waals surface area contributed by atoms with E-state index >= 15 is 0 Å². The number of benzene rings is 1. The number of phenols is 3. The van der Waals surface area contributed by atoms with Crippen molar-refractivity contribution in [2.45, 2.75) is 62.0 Å². The first-order chi connectivity index (χ1) is 13.2. The highest BCUT2D eigenvalue weighted by molar-refractivity contribution is 5.88. The van der Waals surface area contributed by atoms with Crippen LogP contribution in [0.4, 0.5) is 0 Å². The Hall–Kier alpha value is -1.79. The van der Waals surface area contributed by atoms with Crippen molar-refractivity contribution in [1.82, 2.24) is 0 Å². The second-order valence-corrected chi connectivity index (χ2v) is 10.3. The third-order valence-corrected chi connectivity index (χ3v) is 9.08. The molecule has 150 valence electrons. The topological polar surface area (TPSA) is 98.0 Å². The molecule has 0 radical (unpaired) electrons. The van der Waals surface area contributed by atoms with Crippen molar-refractivity contribution in [3.05, 3.63) is 16.7 Å². The predicted octanol–water partition coefficient (Wildman–Crippen LogP) is 1.49. The van der Waals surface area contributed by atoms with Crippen molar-refractivity contribution in [2.75, 3.05) is 20.1 Å². The van der Waals surface area contributed by atoms with Gasteiger partial charge in [0.15, 0.2) is 11.5 Å². The largest absolute Gasteiger partial charge is 0.504 e. The molecule has 1 aromatic carbocycles. The minimum absolute atomic E-state index is 0.106. The Labute approximate surface area is 164 Å². The molecule has 5 aliphatic rings. The van der Waals surface area contributed by atoms with Gasteiger partial charge in [-0.15, -0.1) is 0 Å². The van der Waals surface area contributed by atoms with Crippen LogP contribution in [0.5, 0.6) is 17.2 Å². The fourth-order valence-electron chi connectivity index (χ4n) is 7.70. The van der Waals surface area contributed by atoms with E-state index in [0.29, 0.717) is 49.1 Å². The summed E-state index contributed by atoms with van der Waals surface area (Å²) in [7, 11) is 2.22. The molecular weight excluding hydrogens is 358 g/mol. The lowest BCUT2D eigenvalue weighted by Gasteiger charge is -2.65. The number of quaternary nitrogens is 1. The van der Waals surface area contributed by atoms with Gasteiger partial charge in [0.25, 0.3) is 0 Å². The van der Waals surface area contributed by atoms with E-state index in [9.17, 15) is 25.2 Å². The number of hydrogen-bond donors (Lipinski definition) is 4. The Morgan fingerprint density at radius 1 is 1.04 bits per heavy atom. The van der Waals surface area contributed by atoms with Crippen LogP contribution < -0.4 is 0 Å². The maximum Gasteiger partial charge on any atom is 0.200 e. The number of nitrogens with zero attached hydrogens (tertiary/aromatic N) is 1. The molecule has 4 N–H and O–H groups in total. The molecule has 28 heavy (non-hydrogen) atoms. The summed E-state index contributed by atoms with van der Waals surface area (Å²) < 4.78 is 0.764. The van der Waals surface area contributed by atoms with Crippen LogP contribution >= 0.6 is 0 Å². The molecule has 2 saturated carbocycles. The average molecular weight is 386 g/mol. The lowest BCUT2D eigenvalue weighted by molar-refractivity contribution is -0.950. The molecule has 6 heteroatoms. The van der Waals surface area contributed by atoms with Crippen LogP contribution in [0.1, 0.15) is 48.8 Å². The van der Waals surface area contributed by atoms with Crippen LogP contribution in [0, 0.1) is 11.8 Å². The van der Waals surface area contributed by atoms with Gasteiger partial charge in [0.1, 0.15) is 17.4 Å². The van der Waals surface area contributed by atoms with Crippen molar-refractivity contribution in [3.8, 4) is 17.2 Å². The fraction of sp³-hybridized carbons (Fsp3) is 0.682. The molecule has 1 aromatic rings. The molecular formula is C22H28NO5+. The molecule has 1 aliphatic heterocycles. The highest BCUT2D eigenvalue weighted by Gasteiger charge is 2.75. The average Bonchev–Trinajstić information content (AvgIpc) is 3.38. The molecule has 0 amide bonds. The van der Waals surface area contributed by atoms with Gasteiger partial charge in [0, 0.05) is 47.6 Å². The number of likely N-dealkylation sites (N-methyl/N-ethyl adjacent to an activating group) is 1. The normalized spacial score (nSPS) is 43.1. The van der Waals surface area contributed by atoms with Gasteiger partial charge in [-0.1, -0.05) is 0 Å². The summed E-state index contributed by atoms with van der Waals surface area (Å²) in [6.07, 6.45) is 4.81. The number of hydrogen-bond acceptors (Lipinski definition) is 5. The molecule has 6 rings (SSSR count). The first-order valence-electron chi connectivity index (χ1n) is 10.6. The van der Waals surface area contributed by atoms with E-state index in [0.717, 1.165) is 23.1 Å². The van der Waals surface area contributed by atoms with Gasteiger partial charge in [-0.3, -0.25) is 4.79 Å². The zero-order valence-electron chi connectivity index (χ0n) is 16.2. The van der Waals surface area contributed by atoms with E-state index in [1.807, 2.05) is 0 Å². The Kier molecular flexibility index (Phi) is 2.96. The van der Waals surface area contributed by atoms with Gasteiger partial charge in [-0.05, 0) is 31.2 Å². The number of Topliss-reactive ketones (excluding diaryl/α,β-unsaturated/α-hetero) is 1. The summed E-state index contributed by atoms with van der Waals surface area (Å²) in [5.74, 6) is -0.577. The summed E-state index contributed by atoms with van der Waals surface area (Å²) in [6, 6.07) is -0.106. The van der Waals surface area contributed by atoms with E-state index in [1.54, 1.807) is 0 Å².